The number of aromatic amines is 1. The minimum Gasteiger partial charge on any atom is -0.357 e. The van der Waals surface area contributed by atoms with Crippen LogP contribution in [-0.4, -0.2) is 28.9 Å². The zero-order chi connectivity index (χ0) is 21.6. The summed E-state index contributed by atoms with van der Waals surface area (Å²) < 4.78 is 0. The summed E-state index contributed by atoms with van der Waals surface area (Å²) >= 11 is 0. The Morgan fingerprint density at radius 2 is 1.97 bits per heavy atom. The van der Waals surface area contributed by atoms with Crippen LogP contribution in [0.1, 0.15) is 56.0 Å². The van der Waals surface area contributed by atoms with E-state index < -0.39 is 0 Å². The van der Waals surface area contributed by atoms with Crippen molar-refractivity contribution in [2.45, 2.75) is 52.5 Å². The van der Waals surface area contributed by atoms with Crippen LogP contribution in [0.2, 0.25) is 0 Å². The number of hydrogen-bond donors (Lipinski definition) is 2. The van der Waals surface area contributed by atoms with E-state index in [1.807, 2.05) is 12.1 Å². The number of aromatic nitrogens is 1. The summed E-state index contributed by atoms with van der Waals surface area (Å²) in [6, 6.07) is 17.0. The second-order valence-electron chi connectivity index (χ2n) is 9.52. The van der Waals surface area contributed by atoms with Gasteiger partial charge in [-0.3, -0.25) is 9.69 Å². The number of H-pyrrole nitrogens is 1. The zero-order valence-electron chi connectivity index (χ0n) is 18.9. The number of fused-ring (bicyclic) bond motifs is 5. The lowest BCUT2D eigenvalue weighted by Gasteiger charge is -2.54. The molecule has 4 nitrogen and oxygen atoms in total. The predicted octanol–water partition coefficient (Wildman–Crippen LogP) is 5.84. The maximum absolute atomic E-state index is 13.5. The summed E-state index contributed by atoms with van der Waals surface area (Å²) in [5, 5.41) is 4.56. The second-order valence-corrected chi connectivity index (χ2v) is 9.52. The molecule has 3 aromatic rings. The molecule has 1 saturated heterocycles. The van der Waals surface area contributed by atoms with Crippen LogP contribution >= 0.6 is 0 Å². The molecule has 0 aliphatic carbocycles. The fourth-order valence-corrected chi connectivity index (χ4v) is 6.21. The highest BCUT2D eigenvalue weighted by Gasteiger charge is 2.52. The molecule has 2 aliphatic heterocycles. The predicted molar refractivity (Wildman–Crippen MR) is 127 cm³/mol. The standard InChI is InChI=1S/C27H33N3O/c1-4-27(19(3)26(31)28-20-12-10-18(2)11-13-20)15-7-16-30-17-14-22-21-8-5-6-9-23(21)29-24(22)25(27)30/h5-6,8-13,19,25,29H,4,7,14-17H2,1-3H3,(H,28,31)/t19?,25-,27+/m1/s1. The fourth-order valence-electron chi connectivity index (χ4n) is 6.21. The Bertz CT molecular complexity index is 1100. The van der Waals surface area contributed by atoms with Gasteiger partial charge in [0.25, 0.3) is 0 Å². The van der Waals surface area contributed by atoms with E-state index in [9.17, 15) is 4.79 Å². The Morgan fingerprint density at radius 1 is 1.19 bits per heavy atom. The number of rotatable bonds is 4. The van der Waals surface area contributed by atoms with Crippen molar-refractivity contribution in [2.75, 3.05) is 18.4 Å². The van der Waals surface area contributed by atoms with E-state index in [0.717, 1.165) is 44.5 Å². The molecule has 1 aromatic heterocycles. The lowest BCUT2D eigenvalue weighted by Crippen LogP contribution is -2.53. The Hall–Kier alpha value is -2.59. The van der Waals surface area contributed by atoms with Crippen LogP contribution in [0.25, 0.3) is 10.9 Å². The van der Waals surface area contributed by atoms with E-state index in [2.05, 4.69) is 72.4 Å². The number of piperidine rings is 1. The summed E-state index contributed by atoms with van der Waals surface area (Å²) in [6.07, 6.45) is 4.31. The highest BCUT2D eigenvalue weighted by molar-refractivity contribution is 5.93. The molecule has 2 aromatic carbocycles. The van der Waals surface area contributed by atoms with Crippen molar-refractivity contribution < 1.29 is 4.79 Å². The SMILES string of the molecule is CC[C@@]1(C(C)C(=O)Nc2ccc(C)cc2)CCCN2CCc3c([nH]c4ccccc34)[C@@H]21. The number of nitrogens with one attached hydrogen (secondary N) is 2. The maximum atomic E-state index is 13.5. The number of benzene rings is 2. The van der Waals surface area contributed by atoms with Gasteiger partial charge in [-0.25, -0.2) is 0 Å². The number of nitrogens with zero attached hydrogens (tertiary/aromatic N) is 1. The first-order chi connectivity index (χ1) is 15.0. The third kappa shape index (κ3) is 3.28. The first-order valence-corrected chi connectivity index (χ1v) is 11.7. The minimum atomic E-state index is -0.0803. The van der Waals surface area contributed by atoms with Gasteiger partial charge >= 0.3 is 0 Å². The molecule has 162 valence electrons. The van der Waals surface area contributed by atoms with Gasteiger partial charge in [-0.1, -0.05) is 49.7 Å². The maximum Gasteiger partial charge on any atom is 0.227 e. The topological polar surface area (TPSA) is 48.1 Å². The van der Waals surface area contributed by atoms with Gasteiger partial charge in [-0.2, -0.15) is 0 Å². The number of anilines is 1. The molecular formula is C27H33N3O. The highest BCUT2D eigenvalue weighted by atomic mass is 16.1. The highest BCUT2D eigenvalue weighted by Crippen LogP contribution is 2.55. The van der Waals surface area contributed by atoms with Gasteiger partial charge in [0, 0.05) is 40.2 Å². The van der Waals surface area contributed by atoms with E-state index in [-0.39, 0.29) is 23.3 Å². The number of amides is 1. The first-order valence-electron chi connectivity index (χ1n) is 11.7. The normalized spacial score (nSPS) is 24.4. The van der Waals surface area contributed by atoms with Crippen molar-refractivity contribution in [3.05, 3.63) is 65.4 Å². The van der Waals surface area contributed by atoms with Gasteiger partial charge in [-0.15, -0.1) is 0 Å². The average Bonchev–Trinajstić information content (AvgIpc) is 3.18. The van der Waals surface area contributed by atoms with Crippen LogP contribution in [-0.2, 0) is 11.2 Å². The molecule has 0 saturated carbocycles. The Balaban J connectivity index is 1.53. The van der Waals surface area contributed by atoms with Gasteiger partial charge < -0.3 is 10.3 Å². The van der Waals surface area contributed by atoms with Crippen LogP contribution in [0, 0.1) is 18.3 Å². The summed E-state index contributed by atoms with van der Waals surface area (Å²) in [5.41, 5.74) is 6.04. The van der Waals surface area contributed by atoms with Crippen LogP contribution in [0.5, 0.6) is 0 Å². The number of hydrogen-bond acceptors (Lipinski definition) is 2. The van der Waals surface area contributed by atoms with Gasteiger partial charge in [0.1, 0.15) is 0 Å². The van der Waals surface area contributed by atoms with Crippen LogP contribution < -0.4 is 5.32 Å². The molecular weight excluding hydrogens is 382 g/mol. The molecule has 2 N–H and O–H groups in total. The molecule has 1 unspecified atom stereocenters. The second kappa shape index (κ2) is 7.83. The molecule has 5 rings (SSSR count). The van der Waals surface area contributed by atoms with Crippen LogP contribution in [0.15, 0.2) is 48.5 Å². The summed E-state index contributed by atoms with van der Waals surface area (Å²) in [6.45, 7) is 8.68. The molecule has 4 heteroatoms. The van der Waals surface area contributed by atoms with Crippen LogP contribution in [0.3, 0.4) is 0 Å². The number of carbonyl (C=O) groups is 1. The van der Waals surface area contributed by atoms with Crippen molar-refractivity contribution in [3.63, 3.8) is 0 Å². The molecule has 31 heavy (non-hydrogen) atoms. The van der Waals surface area contributed by atoms with E-state index >= 15 is 0 Å². The molecule has 1 fully saturated rings. The van der Waals surface area contributed by atoms with Crippen molar-refractivity contribution in [1.82, 2.24) is 9.88 Å². The molecule has 3 heterocycles. The lowest BCUT2D eigenvalue weighted by atomic mass is 9.61. The minimum absolute atomic E-state index is 0.0797. The van der Waals surface area contributed by atoms with Crippen molar-refractivity contribution >= 4 is 22.5 Å². The number of carbonyl (C=O) groups excluding carboxylic acids is 1. The molecule has 0 spiro atoms. The molecule has 2 aliphatic rings. The van der Waals surface area contributed by atoms with E-state index in [1.54, 1.807) is 0 Å². The van der Waals surface area contributed by atoms with E-state index in [1.165, 1.54) is 27.7 Å². The van der Waals surface area contributed by atoms with Crippen molar-refractivity contribution in [3.8, 4) is 0 Å². The Morgan fingerprint density at radius 3 is 2.74 bits per heavy atom. The molecule has 1 amide bonds. The zero-order valence-corrected chi connectivity index (χ0v) is 18.9. The quantitative estimate of drug-likeness (QED) is 0.562. The third-order valence-corrected chi connectivity index (χ3v) is 8.00. The fraction of sp³-hybridized carbons (Fsp3) is 0.444. The first kappa shape index (κ1) is 20.3. The third-order valence-electron chi connectivity index (χ3n) is 8.00. The van der Waals surface area contributed by atoms with Gasteiger partial charge in [-0.05, 0) is 62.9 Å². The van der Waals surface area contributed by atoms with Crippen molar-refractivity contribution in [1.29, 1.82) is 0 Å². The van der Waals surface area contributed by atoms with Gasteiger partial charge in [0.05, 0.1) is 6.04 Å². The summed E-state index contributed by atoms with van der Waals surface area (Å²) in [4.78, 5) is 19.9. The monoisotopic (exact) mass is 415 g/mol. The van der Waals surface area contributed by atoms with Crippen LogP contribution in [0.4, 0.5) is 5.69 Å². The number of para-hydroxylation sites is 1. The lowest BCUT2D eigenvalue weighted by molar-refractivity contribution is -0.129. The number of aryl methyl sites for hydroxylation is 1. The summed E-state index contributed by atoms with van der Waals surface area (Å²) in [5.74, 6) is 0.0553. The summed E-state index contributed by atoms with van der Waals surface area (Å²) in [7, 11) is 0. The Labute approximate surface area is 185 Å². The smallest absolute Gasteiger partial charge is 0.227 e. The van der Waals surface area contributed by atoms with Crippen molar-refractivity contribution in [2.24, 2.45) is 11.3 Å². The molecule has 0 bridgehead atoms. The molecule has 3 atom stereocenters. The molecule has 0 radical (unpaired) electrons. The van der Waals surface area contributed by atoms with Gasteiger partial charge in [0.2, 0.25) is 5.91 Å². The average molecular weight is 416 g/mol. The van der Waals surface area contributed by atoms with E-state index in [0.29, 0.717) is 0 Å². The van der Waals surface area contributed by atoms with E-state index in [4.69, 9.17) is 0 Å². The largest absolute Gasteiger partial charge is 0.357 e. The Kier molecular flexibility index (Phi) is 5.13. The van der Waals surface area contributed by atoms with Gasteiger partial charge in [0.15, 0.2) is 0 Å².